The van der Waals surface area contributed by atoms with Gasteiger partial charge in [-0.2, -0.15) is 0 Å². The number of hydrogen-bond acceptors (Lipinski definition) is 5. The fourth-order valence-electron chi connectivity index (χ4n) is 3.67. The summed E-state index contributed by atoms with van der Waals surface area (Å²) in [5.41, 5.74) is 1.97. The fraction of sp³-hybridized carbons (Fsp3) is 0.474. The van der Waals surface area contributed by atoms with Gasteiger partial charge < -0.3 is 19.9 Å². The molecule has 0 saturated heterocycles. The third kappa shape index (κ3) is 3.35. The number of ether oxygens (including phenoxy) is 2. The Morgan fingerprint density at radius 1 is 1.37 bits per heavy atom. The highest BCUT2D eigenvalue weighted by atomic mass is 32.1. The number of H-pyrrole nitrogens is 1. The van der Waals surface area contributed by atoms with Crippen LogP contribution in [-0.2, 0) is 6.42 Å². The number of hydrogen-bond donors (Lipinski definition) is 3. The second-order valence-electron chi connectivity index (χ2n) is 6.78. The van der Waals surface area contributed by atoms with Crippen molar-refractivity contribution >= 4 is 12.2 Å². The molecule has 2 aromatic rings. The van der Waals surface area contributed by atoms with E-state index in [4.69, 9.17) is 21.7 Å². The lowest BCUT2D eigenvalue weighted by Gasteiger charge is -2.27. The molecule has 0 unspecified atom stereocenters. The molecule has 1 aromatic carbocycles. The Morgan fingerprint density at radius 3 is 2.67 bits per heavy atom. The average molecular weight is 393 g/mol. The molecule has 3 rings (SSSR count). The van der Waals surface area contributed by atoms with E-state index in [-0.39, 0.29) is 28.3 Å². The molecule has 1 aromatic heterocycles. The van der Waals surface area contributed by atoms with Crippen LogP contribution in [0, 0.1) is 4.77 Å². The van der Waals surface area contributed by atoms with Crippen LogP contribution in [0.25, 0.3) is 0 Å². The van der Waals surface area contributed by atoms with Crippen LogP contribution < -0.4 is 20.3 Å². The van der Waals surface area contributed by atoms with Gasteiger partial charge in [0.25, 0.3) is 5.56 Å². The third-order valence-electron chi connectivity index (χ3n) is 5.29. The van der Waals surface area contributed by atoms with Gasteiger partial charge >= 0.3 is 0 Å². The van der Waals surface area contributed by atoms with Gasteiger partial charge in [-0.3, -0.25) is 14.3 Å². The molecule has 2 atom stereocenters. The van der Waals surface area contributed by atoms with Crippen LogP contribution in [0.1, 0.15) is 49.0 Å². The minimum Gasteiger partial charge on any atom is -0.494 e. The molecule has 146 valence electrons. The first-order valence-corrected chi connectivity index (χ1v) is 9.49. The number of aromatic hydroxyl groups is 1. The maximum absolute atomic E-state index is 12.7. The average Bonchev–Trinajstić information content (AvgIpc) is 2.66. The van der Waals surface area contributed by atoms with Gasteiger partial charge in [-0.05, 0) is 43.3 Å². The lowest BCUT2D eigenvalue weighted by Crippen LogP contribution is -2.87. The minimum atomic E-state index is -0.360. The van der Waals surface area contributed by atoms with E-state index in [1.165, 1.54) is 0 Å². The lowest BCUT2D eigenvalue weighted by molar-refractivity contribution is -0.690. The molecule has 0 radical (unpaired) electrons. The molecule has 0 fully saturated rings. The van der Waals surface area contributed by atoms with E-state index in [0.29, 0.717) is 17.1 Å². The van der Waals surface area contributed by atoms with Gasteiger partial charge in [-0.1, -0.05) is 6.92 Å². The zero-order valence-electron chi connectivity index (χ0n) is 16.0. The Kier molecular flexibility index (Phi) is 5.57. The summed E-state index contributed by atoms with van der Waals surface area (Å²) in [6.45, 7) is 4.77. The minimum absolute atomic E-state index is 0.0263. The van der Waals surface area contributed by atoms with Crippen LogP contribution in [0.5, 0.6) is 17.4 Å². The predicted molar refractivity (Wildman–Crippen MR) is 104 cm³/mol. The molecule has 0 aliphatic carbocycles. The van der Waals surface area contributed by atoms with Crippen molar-refractivity contribution in [3.05, 3.63) is 43.9 Å². The van der Waals surface area contributed by atoms with E-state index in [1.807, 2.05) is 26.0 Å². The highest BCUT2D eigenvalue weighted by Crippen LogP contribution is 2.36. The van der Waals surface area contributed by atoms with Crippen molar-refractivity contribution in [1.82, 2.24) is 9.55 Å². The largest absolute Gasteiger partial charge is 0.494 e. The van der Waals surface area contributed by atoms with Crippen molar-refractivity contribution in [2.45, 2.75) is 38.8 Å². The van der Waals surface area contributed by atoms with Crippen LogP contribution in [0.2, 0.25) is 0 Å². The molecule has 0 bridgehead atoms. The summed E-state index contributed by atoms with van der Waals surface area (Å²) < 4.78 is 12.7. The number of fused-ring (bicyclic) bond motifs is 1. The summed E-state index contributed by atoms with van der Waals surface area (Å²) in [4.78, 5) is 15.5. The normalized spacial score (nSPS) is 17.3. The van der Waals surface area contributed by atoms with Gasteiger partial charge in [-0.15, -0.1) is 0 Å². The van der Waals surface area contributed by atoms with E-state index in [0.717, 1.165) is 30.5 Å². The topological polar surface area (TPSA) is 93.1 Å². The molecule has 0 saturated carbocycles. The van der Waals surface area contributed by atoms with Crippen LogP contribution >= 0.6 is 12.2 Å². The molecule has 8 heteroatoms. The number of aromatic amines is 1. The number of nitrogens with zero attached hydrogens (tertiary/aromatic N) is 1. The van der Waals surface area contributed by atoms with Crippen molar-refractivity contribution < 1.29 is 19.9 Å². The van der Waals surface area contributed by atoms with E-state index < -0.39 is 0 Å². The summed E-state index contributed by atoms with van der Waals surface area (Å²) in [6.07, 6.45) is 1.62. The molecule has 4 N–H and O–H groups in total. The number of benzene rings is 1. The molecule has 27 heavy (non-hydrogen) atoms. The van der Waals surface area contributed by atoms with Crippen molar-refractivity contribution in [1.29, 1.82) is 0 Å². The molecular weight excluding hydrogens is 366 g/mol. The lowest BCUT2D eigenvalue weighted by atomic mass is 9.90. The van der Waals surface area contributed by atoms with E-state index in [9.17, 15) is 9.90 Å². The van der Waals surface area contributed by atoms with Gasteiger partial charge in [0.15, 0.2) is 16.3 Å². The van der Waals surface area contributed by atoms with Crippen molar-refractivity contribution in [3.8, 4) is 17.4 Å². The zero-order valence-corrected chi connectivity index (χ0v) is 16.9. The Morgan fingerprint density at radius 2 is 2.04 bits per heavy atom. The predicted octanol–water partition coefficient (Wildman–Crippen LogP) is 1.81. The first-order chi connectivity index (χ1) is 12.9. The highest BCUT2D eigenvalue weighted by Gasteiger charge is 2.33. The van der Waals surface area contributed by atoms with Crippen LogP contribution in [0.15, 0.2) is 16.9 Å². The molecule has 1 aliphatic rings. The quantitative estimate of drug-likeness (QED) is 0.675. The fourth-order valence-corrected chi connectivity index (χ4v) is 4.03. The summed E-state index contributed by atoms with van der Waals surface area (Å²) in [6, 6.07) is 3.47. The van der Waals surface area contributed by atoms with Crippen molar-refractivity contribution in [2.75, 3.05) is 20.8 Å². The highest BCUT2D eigenvalue weighted by molar-refractivity contribution is 7.71. The van der Waals surface area contributed by atoms with Gasteiger partial charge in [0.2, 0.25) is 5.88 Å². The molecule has 1 aliphatic heterocycles. The van der Waals surface area contributed by atoms with E-state index in [2.05, 4.69) is 10.3 Å². The second kappa shape index (κ2) is 7.74. The monoisotopic (exact) mass is 392 g/mol. The Balaban J connectivity index is 2.23. The third-order valence-corrected chi connectivity index (χ3v) is 5.59. The molecular formula is C19H26N3O4S+. The van der Waals surface area contributed by atoms with E-state index in [1.54, 1.807) is 18.8 Å². The van der Waals surface area contributed by atoms with Crippen molar-refractivity contribution in [3.63, 3.8) is 0 Å². The SMILES string of the molecule is CC[C@H](C)n1c(O)c([C@H]2[NH2+]CCc3cc(OC)c(OC)cc32)c(=O)[nH]c1=S. The number of nitrogens with two attached hydrogens (primary N) is 1. The molecule has 7 nitrogen and oxygen atoms in total. The zero-order chi connectivity index (χ0) is 19.7. The summed E-state index contributed by atoms with van der Waals surface area (Å²) in [5.74, 6) is 1.19. The Labute approximate surface area is 163 Å². The Bertz CT molecular complexity index is 967. The van der Waals surface area contributed by atoms with Gasteiger partial charge in [-0.25, -0.2) is 0 Å². The van der Waals surface area contributed by atoms with Gasteiger partial charge in [0.05, 0.1) is 20.8 Å². The van der Waals surface area contributed by atoms with Gasteiger partial charge in [0, 0.05) is 18.0 Å². The second-order valence-corrected chi connectivity index (χ2v) is 7.17. The smallest absolute Gasteiger partial charge is 0.265 e. The van der Waals surface area contributed by atoms with Crippen LogP contribution in [-0.4, -0.2) is 35.4 Å². The number of methoxy groups -OCH3 is 2. The number of quaternary nitrogens is 1. The van der Waals surface area contributed by atoms with E-state index >= 15 is 0 Å². The summed E-state index contributed by atoms with van der Waals surface area (Å²) >= 11 is 5.28. The summed E-state index contributed by atoms with van der Waals surface area (Å²) in [5, 5.41) is 13.0. The molecule has 0 amide bonds. The summed E-state index contributed by atoms with van der Waals surface area (Å²) in [7, 11) is 3.18. The molecule has 2 heterocycles. The van der Waals surface area contributed by atoms with Crippen LogP contribution in [0.3, 0.4) is 0 Å². The standard InChI is InChI=1S/C19H25N3O4S/c1-5-10(2)22-18(24)15(17(23)21-19(22)27)16-12-9-14(26-4)13(25-3)8-11(12)6-7-20-16/h8-10,16,20,24H,5-7H2,1-4H3,(H,21,23,27)/p+1/t10-,16-/m0/s1. The first-order valence-electron chi connectivity index (χ1n) is 9.08. The van der Waals surface area contributed by atoms with Crippen molar-refractivity contribution in [2.24, 2.45) is 0 Å². The number of aromatic nitrogens is 2. The number of nitrogens with one attached hydrogen (secondary N) is 1. The maximum Gasteiger partial charge on any atom is 0.265 e. The van der Waals surface area contributed by atoms with Gasteiger partial charge in [0.1, 0.15) is 11.6 Å². The maximum atomic E-state index is 12.7. The molecule has 0 spiro atoms. The first kappa shape index (κ1) is 19.4. The van der Waals surface area contributed by atoms with Crippen LogP contribution in [0.4, 0.5) is 0 Å². The Hall–Kier alpha value is -2.32. The number of rotatable bonds is 5.